The van der Waals surface area contributed by atoms with Crippen molar-refractivity contribution < 1.29 is 14.2 Å². The Balaban J connectivity index is 1.97. The zero-order valence-corrected chi connectivity index (χ0v) is 11.6. The van der Waals surface area contributed by atoms with Crippen molar-refractivity contribution in [1.29, 1.82) is 0 Å². The van der Waals surface area contributed by atoms with Gasteiger partial charge < -0.3 is 14.7 Å². The highest BCUT2D eigenvalue weighted by Gasteiger charge is 2.24. The van der Waals surface area contributed by atoms with Crippen LogP contribution in [0.15, 0.2) is 18.2 Å². The molecule has 106 valence electrons. The van der Waals surface area contributed by atoms with Crippen LogP contribution in [0.2, 0.25) is 0 Å². The number of ether oxygens (including phenoxy) is 1. The average molecular weight is 267 g/mol. The number of hydrogen-bond donors (Lipinski definition) is 1. The van der Waals surface area contributed by atoms with Crippen LogP contribution in [0.4, 0.5) is 4.39 Å². The molecule has 0 spiro atoms. The van der Waals surface area contributed by atoms with E-state index in [2.05, 4.69) is 11.9 Å². The zero-order valence-electron chi connectivity index (χ0n) is 11.6. The van der Waals surface area contributed by atoms with Crippen molar-refractivity contribution in [3.63, 3.8) is 0 Å². The molecule has 1 aromatic carbocycles. The van der Waals surface area contributed by atoms with Crippen LogP contribution in [0, 0.1) is 5.82 Å². The Bertz CT molecular complexity index is 421. The maximum Gasteiger partial charge on any atom is 0.132 e. The number of hydrogen-bond acceptors (Lipinski definition) is 3. The molecule has 0 heterocycles. The predicted molar refractivity (Wildman–Crippen MR) is 72.8 cm³/mol. The van der Waals surface area contributed by atoms with Crippen molar-refractivity contribution in [2.45, 2.75) is 37.8 Å². The number of rotatable bonds is 6. The SMILES string of the molecule is COc1cccc(F)c1C(O)CCN(C)C1CCC1. The maximum atomic E-state index is 13.8. The van der Waals surface area contributed by atoms with Gasteiger partial charge in [-0.15, -0.1) is 0 Å². The van der Waals surface area contributed by atoms with Crippen molar-refractivity contribution in [1.82, 2.24) is 4.90 Å². The first-order valence-electron chi connectivity index (χ1n) is 6.84. The van der Waals surface area contributed by atoms with Gasteiger partial charge in [-0.1, -0.05) is 12.5 Å². The molecule has 0 radical (unpaired) electrons. The molecule has 4 heteroatoms. The van der Waals surface area contributed by atoms with Gasteiger partial charge >= 0.3 is 0 Å². The lowest BCUT2D eigenvalue weighted by atomic mass is 9.91. The Morgan fingerprint density at radius 3 is 2.79 bits per heavy atom. The zero-order chi connectivity index (χ0) is 13.8. The van der Waals surface area contributed by atoms with Crippen molar-refractivity contribution in [2.75, 3.05) is 20.7 Å². The van der Waals surface area contributed by atoms with Crippen molar-refractivity contribution in [3.8, 4) is 5.75 Å². The van der Waals surface area contributed by atoms with Crippen molar-refractivity contribution in [3.05, 3.63) is 29.6 Å². The van der Waals surface area contributed by atoms with Crippen LogP contribution in [0.3, 0.4) is 0 Å². The monoisotopic (exact) mass is 267 g/mol. The number of nitrogens with zero attached hydrogens (tertiary/aromatic N) is 1. The van der Waals surface area contributed by atoms with Crippen LogP contribution < -0.4 is 4.74 Å². The number of benzene rings is 1. The molecule has 2 rings (SSSR count). The molecule has 1 atom stereocenters. The number of aliphatic hydroxyl groups excluding tert-OH is 1. The second-order valence-electron chi connectivity index (χ2n) is 5.23. The van der Waals surface area contributed by atoms with Gasteiger partial charge in [0.15, 0.2) is 0 Å². The Kier molecular flexibility index (Phi) is 4.77. The molecule has 3 nitrogen and oxygen atoms in total. The molecule has 0 saturated heterocycles. The molecule has 1 aliphatic rings. The first kappa shape index (κ1) is 14.3. The highest BCUT2D eigenvalue weighted by Crippen LogP contribution is 2.30. The van der Waals surface area contributed by atoms with Gasteiger partial charge in [-0.2, -0.15) is 0 Å². The van der Waals surface area contributed by atoms with Crippen molar-refractivity contribution >= 4 is 0 Å². The smallest absolute Gasteiger partial charge is 0.132 e. The fraction of sp³-hybridized carbons (Fsp3) is 0.600. The minimum absolute atomic E-state index is 0.270. The molecule has 1 unspecified atom stereocenters. The van der Waals surface area contributed by atoms with Gasteiger partial charge in [0, 0.05) is 12.6 Å². The standard InChI is InChI=1S/C15H22FNO2/c1-17(11-5-3-6-11)10-9-13(18)15-12(16)7-4-8-14(15)19-2/h4,7-8,11,13,18H,3,5-6,9-10H2,1-2H3. The summed E-state index contributed by atoms with van der Waals surface area (Å²) >= 11 is 0. The lowest BCUT2D eigenvalue weighted by Gasteiger charge is -2.35. The summed E-state index contributed by atoms with van der Waals surface area (Å²) in [5, 5.41) is 10.2. The first-order valence-corrected chi connectivity index (χ1v) is 6.84. The molecule has 0 bridgehead atoms. The molecular weight excluding hydrogens is 245 g/mol. The van der Waals surface area contributed by atoms with Gasteiger partial charge in [0.2, 0.25) is 0 Å². The van der Waals surface area contributed by atoms with E-state index in [0.29, 0.717) is 18.2 Å². The van der Waals surface area contributed by atoms with Crippen LogP contribution >= 0.6 is 0 Å². The third kappa shape index (κ3) is 3.25. The molecule has 0 aromatic heterocycles. The summed E-state index contributed by atoms with van der Waals surface area (Å²) in [6.07, 6.45) is 3.45. The minimum atomic E-state index is -0.821. The fourth-order valence-electron chi connectivity index (χ4n) is 2.50. The lowest BCUT2D eigenvalue weighted by molar-refractivity contribution is 0.108. The topological polar surface area (TPSA) is 32.7 Å². The molecule has 1 N–H and O–H groups in total. The molecule has 1 aromatic rings. The van der Waals surface area contributed by atoms with E-state index in [1.807, 2.05) is 0 Å². The van der Waals surface area contributed by atoms with Gasteiger partial charge in [-0.25, -0.2) is 4.39 Å². The Morgan fingerprint density at radius 1 is 1.47 bits per heavy atom. The minimum Gasteiger partial charge on any atom is -0.496 e. The van der Waals surface area contributed by atoms with E-state index in [1.54, 1.807) is 12.1 Å². The summed E-state index contributed by atoms with van der Waals surface area (Å²) in [6, 6.07) is 5.26. The van der Waals surface area contributed by atoms with E-state index >= 15 is 0 Å². The van der Waals surface area contributed by atoms with E-state index in [4.69, 9.17) is 4.74 Å². The van der Waals surface area contributed by atoms with Crippen LogP contribution in [-0.2, 0) is 0 Å². The Morgan fingerprint density at radius 2 is 2.21 bits per heavy atom. The fourth-order valence-corrected chi connectivity index (χ4v) is 2.50. The number of methoxy groups -OCH3 is 1. The van der Waals surface area contributed by atoms with Gasteiger partial charge in [0.25, 0.3) is 0 Å². The van der Waals surface area contributed by atoms with E-state index in [0.717, 1.165) is 6.54 Å². The number of aliphatic hydroxyl groups is 1. The second-order valence-corrected chi connectivity index (χ2v) is 5.23. The highest BCUT2D eigenvalue weighted by atomic mass is 19.1. The molecule has 1 fully saturated rings. The van der Waals surface area contributed by atoms with Gasteiger partial charge in [0.05, 0.1) is 18.8 Å². The molecule has 0 aliphatic heterocycles. The highest BCUT2D eigenvalue weighted by molar-refractivity contribution is 5.36. The van der Waals surface area contributed by atoms with Gasteiger partial charge in [-0.05, 0) is 38.4 Å². The maximum absolute atomic E-state index is 13.8. The van der Waals surface area contributed by atoms with Crippen molar-refractivity contribution in [2.24, 2.45) is 0 Å². The first-order chi connectivity index (χ1) is 9.13. The Labute approximate surface area is 114 Å². The van der Waals surface area contributed by atoms with Crippen LogP contribution in [-0.4, -0.2) is 36.8 Å². The van der Waals surface area contributed by atoms with Crippen LogP contribution in [0.25, 0.3) is 0 Å². The molecule has 0 amide bonds. The van der Waals surface area contributed by atoms with E-state index in [1.165, 1.54) is 32.4 Å². The molecule has 1 saturated carbocycles. The predicted octanol–water partition coefficient (Wildman–Crippen LogP) is 2.74. The lowest BCUT2D eigenvalue weighted by Crippen LogP contribution is -2.38. The summed E-state index contributed by atoms with van der Waals surface area (Å²) in [6.45, 7) is 0.767. The second kappa shape index (κ2) is 6.35. The molecular formula is C15H22FNO2. The normalized spacial score (nSPS) is 17.3. The summed E-state index contributed by atoms with van der Waals surface area (Å²) in [5.74, 6) is 0.0111. The summed E-state index contributed by atoms with van der Waals surface area (Å²) < 4.78 is 18.9. The number of halogens is 1. The van der Waals surface area contributed by atoms with Gasteiger partial charge in [0.1, 0.15) is 11.6 Å². The quantitative estimate of drug-likeness (QED) is 0.860. The largest absolute Gasteiger partial charge is 0.496 e. The van der Waals surface area contributed by atoms with E-state index < -0.39 is 11.9 Å². The van der Waals surface area contributed by atoms with E-state index in [-0.39, 0.29) is 5.56 Å². The third-order valence-corrected chi connectivity index (χ3v) is 4.02. The van der Waals surface area contributed by atoms with Gasteiger partial charge in [-0.3, -0.25) is 0 Å². The van der Waals surface area contributed by atoms with Crippen LogP contribution in [0.1, 0.15) is 37.4 Å². The summed E-state index contributed by atoms with van der Waals surface area (Å²) in [7, 11) is 3.56. The summed E-state index contributed by atoms with van der Waals surface area (Å²) in [5.41, 5.74) is 0.270. The van der Waals surface area contributed by atoms with E-state index in [9.17, 15) is 9.50 Å². The molecule has 19 heavy (non-hydrogen) atoms. The van der Waals surface area contributed by atoms with Crippen LogP contribution in [0.5, 0.6) is 5.75 Å². The Hall–Kier alpha value is -1.13. The third-order valence-electron chi connectivity index (χ3n) is 4.02. The summed E-state index contributed by atoms with van der Waals surface area (Å²) in [4.78, 5) is 2.25. The average Bonchev–Trinajstić information content (AvgIpc) is 2.33. The molecule has 1 aliphatic carbocycles.